The van der Waals surface area contributed by atoms with E-state index in [9.17, 15) is 4.39 Å². The van der Waals surface area contributed by atoms with E-state index in [1.807, 2.05) is 27.0 Å². The van der Waals surface area contributed by atoms with Gasteiger partial charge < -0.3 is 10.3 Å². The standard InChI is InChI=1S/C16H19FN4S/c1-10-8-18-11(2)15(10)12(3)20-21-16(22)19-9-13-4-6-14(17)7-5-13/h4-8,18H,9H2,1-3H3,(H2,19,21,22)/b20-12+. The van der Waals surface area contributed by atoms with Gasteiger partial charge in [0.2, 0.25) is 0 Å². The molecule has 0 saturated heterocycles. The van der Waals surface area contributed by atoms with Crippen LogP contribution in [0, 0.1) is 19.7 Å². The minimum Gasteiger partial charge on any atom is -0.364 e. The molecule has 0 aliphatic rings. The van der Waals surface area contributed by atoms with Gasteiger partial charge in [-0.3, -0.25) is 5.43 Å². The largest absolute Gasteiger partial charge is 0.364 e. The molecule has 0 bridgehead atoms. The van der Waals surface area contributed by atoms with E-state index in [1.165, 1.54) is 12.1 Å². The molecular weight excluding hydrogens is 299 g/mol. The third kappa shape index (κ3) is 4.14. The SMILES string of the molecule is C/C(=N\NC(=S)NCc1ccc(F)cc1)c1c(C)c[nH]c1C. The molecule has 0 saturated carbocycles. The first-order valence-electron chi connectivity index (χ1n) is 6.95. The van der Waals surface area contributed by atoms with Crippen LogP contribution in [0.1, 0.15) is 29.3 Å². The van der Waals surface area contributed by atoms with Gasteiger partial charge in [0.05, 0.1) is 5.71 Å². The number of hydrogen-bond acceptors (Lipinski definition) is 2. The van der Waals surface area contributed by atoms with E-state index in [2.05, 4.69) is 20.8 Å². The zero-order chi connectivity index (χ0) is 16.1. The van der Waals surface area contributed by atoms with Crippen LogP contribution >= 0.6 is 12.2 Å². The molecule has 0 aliphatic carbocycles. The average Bonchev–Trinajstić information content (AvgIpc) is 2.83. The number of hydrazone groups is 1. The first-order valence-corrected chi connectivity index (χ1v) is 7.35. The molecule has 1 aromatic heterocycles. The van der Waals surface area contributed by atoms with E-state index in [0.29, 0.717) is 11.7 Å². The third-order valence-corrected chi connectivity index (χ3v) is 3.56. The van der Waals surface area contributed by atoms with Crippen LogP contribution in [0.4, 0.5) is 4.39 Å². The lowest BCUT2D eigenvalue weighted by atomic mass is 10.1. The normalized spacial score (nSPS) is 11.4. The second-order valence-electron chi connectivity index (χ2n) is 5.09. The molecule has 2 rings (SSSR count). The average molecular weight is 318 g/mol. The predicted octanol–water partition coefficient (Wildman–Crippen LogP) is 3.16. The lowest BCUT2D eigenvalue weighted by molar-refractivity contribution is 0.626. The minimum absolute atomic E-state index is 0.248. The van der Waals surface area contributed by atoms with Crippen molar-refractivity contribution in [2.45, 2.75) is 27.3 Å². The number of aromatic amines is 1. The smallest absolute Gasteiger partial charge is 0.187 e. The van der Waals surface area contributed by atoms with Crippen LogP contribution in [0.5, 0.6) is 0 Å². The zero-order valence-electron chi connectivity index (χ0n) is 12.8. The molecule has 3 N–H and O–H groups in total. The van der Waals surface area contributed by atoms with E-state index in [1.54, 1.807) is 12.1 Å². The Morgan fingerprint density at radius 2 is 1.95 bits per heavy atom. The molecule has 0 spiro atoms. The van der Waals surface area contributed by atoms with Crippen LogP contribution in [0.3, 0.4) is 0 Å². The Morgan fingerprint density at radius 1 is 1.27 bits per heavy atom. The summed E-state index contributed by atoms with van der Waals surface area (Å²) in [5.74, 6) is -0.248. The van der Waals surface area contributed by atoms with Gasteiger partial charge in [-0.15, -0.1) is 0 Å². The summed E-state index contributed by atoms with van der Waals surface area (Å²) in [6.45, 7) is 6.48. The van der Waals surface area contributed by atoms with Crippen molar-refractivity contribution >= 4 is 23.0 Å². The van der Waals surface area contributed by atoms with Crippen molar-refractivity contribution in [2.75, 3.05) is 0 Å². The zero-order valence-corrected chi connectivity index (χ0v) is 13.6. The fourth-order valence-corrected chi connectivity index (χ4v) is 2.35. The van der Waals surface area contributed by atoms with E-state index < -0.39 is 0 Å². The Kier molecular flexibility index (Phi) is 5.27. The highest BCUT2D eigenvalue weighted by molar-refractivity contribution is 7.80. The number of halogens is 1. The maximum absolute atomic E-state index is 12.8. The van der Waals surface area contributed by atoms with Crippen molar-refractivity contribution in [1.29, 1.82) is 0 Å². The third-order valence-electron chi connectivity index (χ3n) is 3.33. The van der Waals surface area contributed by atoms with E-state index in [-0.39, 0.29) is 5.82 Å². The maximum Gasteiger partial charge on any atom is 0.187 e. The van der Waals surface area contributed by atoms with Gasteiger partial charge in [-0.2, -0.15) is 5.10 Å². The topological polar surface area (TPSA) is 52.2 Å². The highest BCUT2D eigenvalue weighted by atomic mass is 32.1. The Morgan fingerprint density at radius 3 is 2.55 bits per heavy atom. The van der Waals surface area contributed by atoms with Gasteiger partial charge >= 0.3 is 0 Å². The molecule has 1 heterocycles. The van der Waals surface area contributed by atoms with Crippen LogP contribution in [0.2, 0.25) is 0 Å². The van der Waals surface area contributed by atoms with Crippen LogP contribution in [-0.4, -0.2) is 15.8 Å². The van der Waals surface area contributed by atoms with Crippen LogP contribution in [-0.2, 0) is 6.54 Å². The molecule has 0 unspecified atom stereocenters. The maximum atomic E-state index is 12.8. The first-order chi connectivity index (χ1) is 10.5. The molecule has 0 radical (unpaired) electrons. The monoisotopic (exact) mass is 318 g/mol. The summed E-state index contributed by atoms with van der Waals surface area (Å²) in [5.41, 5.74) is 7.95. The van der Waals surface area contributed by atoms with Crippen molar-refractivity contribution < 1.29 is 4.39 Å². The Balaban J connectivity index is 1.89. The number of nitrogens with zero attached hydrogens (tertiary/aromatic N) is 1. The molecule has 116 valence electrons. The van der Waals surface area contributed by atoms with Crippen molar-refractivity contribution in [3.63, 3.8) is 0 Å². The number of aromatic nitrogens is 1. The summed E-state index contributed by atoms with van der Waals surface area (Å²) in [7, 11) is 0. The predicted molar refractivity (Wildman–Crippen MR) is 91.5 cm³/mol. The number of nitrogens with one attached hydrogen (secondary N) is 3. The summed E-state index contributed by atoms with van der Waals surface area (Å²) in [6, 6.07) is 6.28. The molecule has 1 aromatic carbocycles. The van der Waals surface area contributed by atoms with E-state index in [4.69, 9.17) is 12.2 Å². The van der Waals surface area contributed by atoms with Crippen molar-refractivity contribution in [3.8, 4) is 0 Å². The molecule has 0 atom stereocenters. The van der Waals surface area contributed by atoms with Crippen molar-refractivity contribution in [3.05, 3.63) is 58.7 Å². The van der Waals surface area contributed by atoms with Gasteiger partial charge in [0.25, 0.3) is 0 Å². The molecule has 0 aliphatic heterocycles. The second-order valence-corrected chi connectivity index (χ2v) is 5.50. The van der Waals surface area contributed by atoms with E-state index >= 15 is 0 Å². The van der Waals surface area contributed by atoms with Gasteiger partial charge in [-0.25, -0.2) is 4.39 Å². The van der Waals surface area contributed by atoms with Gasteiger partial charge in [-0.1, -0.05) is 12.1 Å². The fourth-order valence-electron chi connectivity index (χ4n) is 2.23. The highest BCUT2D eigenvalue weighted by Crippen LogP contribution is 2.12. The molecule has 22 heavy (non-hydrogen) atoms. The lowest BCUT2D eigenvalue weighted by Crippen LogP contribution is -2.32. The Hall–Kier alpha value is -2.21. The number of rotatable bonds is 4. The first kappa shape index (κ1) is 16.2. The molecule has 0 amide bonds. The highest BCUT2D eigenvalue weighted by Gasteiger charge is 2.07. The molecule has 2 aromatic rings. The Bertz CT molecular complexity index is 669. The van der Waals surface area contributed by atoms with Crippen molar-refractivity contribution in [1.82, 2.24) is 15.7 Å². The van der Waals surface area contributed by atoms with Crippen LogP contribution < -0.4 is 10.7 Å². The molecule has 4 nitrogen and oxygen atoms in total. The van der Waals surface area contributed by atoms with Gasteiger partial charge in [0.1, 0.15) is 5.82 Å². The number of H-pyrrole nitrogens is 1. The number of aryl methyl sites for hydroxylation is 2. The summed E-state index contributed by atoms with van der Waals surface area (Å²) in [6.07, 6.45) is 1.95. The minimum atomic E-state index is -0.248. The fraction of sp³-hybridized carbons (Fsp3) is 0.250. The summed E-state index contributed by atoms with van der Waals surface area (Å²) in [4.78, 5) is 3.17. The lowest BCUT2D eigenvalue weighted by Gasteiger charge is -2.08. The molecule has 6 heteroatoms. The number of benzene rings is 1. The molecule has 0 fully saturated rings. The van der Waals surface area contributed by atoms with Crippen LogP contribution in [0.15, 0.2) is 35.6 Å². The quantitative estimate of drug-likeness (QED) is 0.461. The van der Waals surface area contributed by atoms with Crippen LogP contribution in [0.25, 0.3) is 0 Å². The van der Waals surface area contributed by atoms with Gasteiger partial charge in [0.15, 0.2) is 5.11 Å². The van der Waals surface area contributed by atoms with Crippen molar-refractivity contribution in [2.24, 2.45) is 5.10 Å². The summed E-state index contributed by atoms with van der Waals surface area (Å²) >= 11 is 5.18. The number of thiocarbonyl (C=S) groups is 1. The number of hydrogen-bond donors (Lipinski definition) is 3. The van der Waals surface area contributed by atoms with Gasteiger partial charge in [-0.05, 0) is 56.2 Å². The summed E-state index contributed by atoms with van der Waals surface area (Å²) < 4.78 is 12.8. The summed E-state index contributed by atoms with van der Waals surface area (Å²) in [5, 5.41) is 7.75. The Labute approximate surface area is 134 Å². The van der Waals surface area contributed by atoms with E-state index in [0.717, 1.165) is 28.1 Å². The van der Waals surface area contributed by atoms with Gasteiger partial charge in [0, 0.05) is 24.0 Å². The molecular formula is C16H19FN4S. The second kappa shape index (κ2) is 7.17.